The molecule has 1 aromatic heterocycles. The van der Waals surface area contributed by atoms with Crippen LogP contribution >= 0.6 is 0 Å². The number of methoxy groups -OCH3 is 2. The summed E-state index contributed by atoms with van der Waals surface area (Å²) in [5, 5.41) is 2.78. The van der Waals surface area contributed by atoms with Crippen LogP contribution in [-0.2, 0) is 11.3 Å². The summed E-state index contributed by atoms with van der Waals surface area (Å²) in [7, 11) is 3.13. The lowest BCUT2D eigenvalue weighted by Crippen LogP contribution is -2.25. The fraction of sp³-hybridized carbons (Fsp3) is 0.368. The van der Waals surface area contributed by atoms with Gasteiger partial charge in [0.1, 0.15) is 5.75 Å². The molecule has 142 valence electrons. The van der Waals surface area contributed by atoms with Gasteiger partial charge in [0.15, 0.2) is 5.82 Å². The van der Waals surface area contributed by atoms with Crippen LogP contribution in [-0.4, -0.2) is 48.2 Å². The minimum absolute atomic E-state index is 0.200. The molecular formula is C19H23N5O3. The molecule has 3 rings (SSSR count). The molecule has 0 radical (unpaired) electrons. The Labute approximate surface area is 158 Å². The van der Waals surface area contributed by atoms with E-state index in [-0.39, 0.29) is 18.5 Å². The number of aromatic nitrogens is 3. The van der Waals surface area contributed by atoms with Crippen molar-refractivity contribution in [1.82, 2.24) is 20.3 Å². The molecule has 0 atom stereocenters. The third kappa shape index (κ3) is 5.16. The summed E-state index contributed by atoms with van der Waals surface area (Å²) in [5.74, 6) is 1.61. The minimum Gasteiger partial charge on any atom is -0.497 e. The van der Waals surface area contributed by atoms with Gasteiger partial charge < -0.3 is 19.7 Å². The molecule has 0 unspecified atom stereocenters. The largest absolute Gasteiger partial charge is 0.497 e. The van der Waals surface area contributed by atoms with E-state index in [9.17, 15) is 4.79 Å². The van der Waals surface area contributed by atoms with Crippen LogP contribution in [0.1, 0.15) is 24.2 Å². The number of carbonyl (C=O) groups excluding carboxylic acids is 1. The first-order valence-corrected chi connectivity index (χ1v) is 8.82. The maximum absolute atomic E-state index is 12.1. The van der Waals surface area contributed by atoms with E-state index in [4.69, 9.17) is 9.47 Å². The number of hydrogen-bond acceptors (Lipinski definition) is 7. The SMILES string of the molecule is COc1ccc(/C=C/C(=O)NCc2nc(OC)nc(N3CCCC3)n2)cc1. The molecule has 1 amide bonds. The van der Waals surface area contributed by atoms with Gasteiger partial charge in [-0.2, -0.15) is 15.0 Å². The maximum atomic E-state index is 12.1. The van der Waals surface area contributed by atoms with Crippen molar-refractivity contribution in [1.29, 1.82) is 0 Å². The molecule has 27 heavy (non-hydrogen) atoms. The van der Waals surface area contributed by atoms with E-state index in [0.717, 1.165) is 37.2 Å². The summed E-state index contributed by atoms with van der Waals surface area (Å²) in [6.07, 6.45) is 5.45. The van der Waals surface area contributed by atoms with Crippen molar-refractivity contribution in [2.45, 2.75) is 19.4 Å². The van der Waals surface area contributed by atoms with Crippen LogP contribution in [0.5, 0.6) is 11.8 Å². The Morgan fingerprint density at radius 3 is 2.52 bits per heavy atom. The molecule has 1 saturated heterocycles. The highest BCUT2D eigenvalue weighted by atomic mass is 16.5. The molecule has 8 nitrogen and oxygen atoms in total. The van der Waals surface area contributed by atoms with Crippen molar-refractivity contribution in [2.75, 3.05) is 32.2 Å². The Balaban J connectivity index is 1.60. The monoisotopic (exact) mass is 369 g/mol. The standard InChI is InChI=1S/C19H23N5O3/c1-26-15-8-5-14(6-9-15)7-10-17(25)20-13-16-21-18(23-19(22-16)27-2)24-11-3-4-12-24/h5-10H,3-4,11-13H2,1-2H3,(H,20,25)/b10-7+. The van der Waals surface area contributed by atoms with E-state index in [2.05, 4.69) is 25.2 Å². The van der Waals surface area contributed by atoms with E-state index in [0.29, 0.717) is 11.8 Å². The van der Waals surface area contributed by atoms with Crippen molar-refractivity contribution in [3.63, 3.8) is 0 Å². The van der Waals surface area contributed by atoms with E-state index >= 15 is 0 Å². The summed E-state index contributed by atoms with van der Waals surface area (Å²) >= 11 is 0. The smallest absolute Gasteiger partial charge is 0.321 e. The number of anilines is 1. The van der Waals surface area contributed by atoms with Crippen LogP contribution in [0.3, 0.4) is 0 Å². The molecule has 1 aromatic carbocycles. The summed E-state index contributed by atoms with van der Waals surface area (Å²) in [6.45, 7) is 2.04. The third-order valence-electron chi connectivity index (χ3n) is 4.18. The van der Waals surface area contributed by atoms with Gasteiger partial charge in [-0.25, -0.2) is 0 Å². The number of nitrogens with zero attached hydrogens (tertiary/aromatic N) is 4. The lowest BCUT2D eigenvalue weighted by molar-refractivity contribution is -0.116. The van der Waals surface area contributed by atoms with Crippen LogP contribution in [0.4, 0.5) is 5.95 Å². The van der Waals surface area contributed by atoms with E-state index in [1.165, 1.54) is 13.2 Å². The third-order valence-corrected chi connectivity index (χ3v) is 4.18. The number of rotatable bonds is 7. The molecule has 2 heterocycles. The van der Waals surface area contributed by atoms with Crippen LogP contribution in [0.15, 0.2) is 30.3 Å². The van der Waals surface area contributed by atoms with Gasteiger partial charge in [-0.3, -0.25) is 4.79 Å². The Bertz CT molecular complexity index is 801. The highest BCUT2D eigenvalue weighted by molar-refractivity contribution is 5.91. The van der Waals surface area contributed by atoms with Gasteiger partial charge in [-0.15, -0.1) is 0 Å². The highest BCUT2D eigenvalue weighted by Crippen LogP contribution is 2.17. The molecule has 1 fully saturated rings. The first-order chi connectivity index (χ1) is 13.2. The molecule has 1 aliphatic heterocycles. The number of nitrogens with one attached hydrogen (secondary N) is 1. The maximum Gasteiger partial charge on any atom is 0.321 e. The van der Waals surface area contributed by atoms with Gasteiger partial charge in [-0.05, 0) is 36.6 Å². The highest BCUT2D eigenvalue weighted by Gasteiger charge is 2.17. The number of ether oxygens (including phenoxy) is 2. The van der Waals surface area contributed by atoms with E-state index in [1.54, 1.807) is 13.2 Å². The average molecular weight is 369 g/mol. The summed E-state index contributed by atoms with van der Waals surface area (Å²) < 4.78 is 10.3. The molecule has 0 bridgehead atoms. The predicted molar refractivity (Wildman–Crippen MR) is 102 cm³/mol. The van der Waals surface area contributed by atoms with Gasteiger partial charge in [0.05, 0.1) is 20.8 Å². The minimum atomic E-state index is -0.229. The molecule has 2 aromatic rings. The number of amides is 1. The van der Waals surface area contributed by atoms with Gasteiger partial charge >= 0.3 is 6.01 Å². The summed E-state index contributed by atoms with van der Waals surface area (Å²) in [4.78, 5) is 27.1. The quantitative estimate of drug-likeness (QED) is 0.745. The number of carbonyl (C=O) groups is 1. The second-order valence-corrected chi connectivity index (χ2v) is 6.06. The second-order valence-electron chi connectivity index (χ2n) is 6.06. The Hall–Kier alpha value is -3.16. The van der Waals surface area contributed by atoms with Gasteiger partial charge in [0.2, 0.25) is 11.9 Å². The average Bonchev–Trinajstić information content (AvgIpc) is 3.26. The van der Waals surface area contributed by atoms with E-state index < -0.39 is 0 Å². The molecule has 0 aliphatic carbocycles. The zero-order valence-electron chi connectivity index (χ0n) is 15.5. The van der Waals surface area contributed by atoms with Crippen molar-refractivity contribution in [2.24, 2.45) is 0 Å². The van der Waals surface area contributed by atoms with Crippen LogP contribution in [0.25, 0.3) is 6.08 Å². The molecular weight excluding hydrogens is 346 g/mol. The second kappa shape index (κ2) is 8.98. The summed E-state index contributed by atoms with van der Waals surface area (Å²) in [5.41, 5.74) is 0.907. The van der Waals surface area contributed by atoms with E-state index in [1.807, 2.05) is 24.3 Å². The molecule has 1 N–H and O–H groups in total. The van der Waals surface area contributed by atoms with Crippen LogP contribution in [0, 0.1) is 0 Å². The van der Waals surface area contributed by atoms with Gasteiger partial charge in [-0.1, -0.05) is 12.1 Å². The topological polar surface area (TPSA) is 89.5 Å². The van der Waals surface area contributed by atoms with Crippen molar-refractivity contribution >= 4 is 17.9 Å². The normalized spacial score (nSPS) is 13.8. The lowest BCUT2D eigenvalue weighted by Gasteiger charge is -2.16. The lowest BCUT2D eigenvalue weighted by atomic mass is 10.2. The first kappa shape index (κ1) is 18.6. The number of benzene rings is 1. The first-order valence-electron chi connectivity index (χ1n) is 8.82. The number of hydrogen-bond donors (Lipinski definition) is 1. The fourth-order valence-electron chi connectivity index (χ4n) is 2.73. The molecule has 8 heteroatoms. The molecule has 0 spiro atoms. The van der Waals surface area contributed by atoms with Crippen molar-refractivity contribution in [3.8, 4) is 11.8 Å². The van der Waals surface area contributed by atoms with Gasteiger partial charge in [0.25, 0.3) is 0 Å². The van der Waals surface area contributed by atoms with Crippen LogP contribution < -0.4 is 19.7 Å². The molecule has 1 aliphatic rings. The van der Waals surface area contributed by atoms with Gasteiger partial charge in [0, 0.05) is 19.2 Å². The Morgan fingerprint density at radius 2 is 1.85 bits per heavy atom. The zero-order chi connectivity index (χ0) is 19.1. The molecule has 0 saturated carbocycles. The van der Waals surface area contributed by atoms with Crippen molar-refractivity contribution < 1.29 is 14.3 Å². The van der Waals surface area contributed by atoms with Crippen molar-refractivity contribution in [3.05, 3.63) is 41.7 Å². The Kier molecular flexibility index (Phi) is 6.19. The van der Waals surface area contributed by atoms with Crippen LogP contribution in [0.2, 0.25) is 0 Å². The zero-order valence-corrected chi connectivity index (χ0v) is 15.5. The Morgan fingerprint density at radius 1 is 1.11 bits per heavy atom. The predicted octanol–water partition coefficient (Wildman–Crippen LogP) is 1.82. The fourth-order valence-corrected chi connectivity index (χ4v) is 2.73. The summed E-state index contributed by atoms with van der Waals surface area (Å²) in [6, 6.07) is 7.69.